The topological polar surface area (TPSA) is 84.9 Å². The van der Waals surface area contributed by atoms with Gasteiger partial charge in [-0.3, -0.25) is 4.79 Å². The van der Waals surface area contributed by atoms with Crippen LogP contribution < -0.4 is 10.1 Å². The molecule has 190 valence electrons. The third-order valence-corrected chi connectivity index (χ3v) is 7.80. The Morgan fingerprint density at radius 3 is 2.72 bits per heavy atom. The van der Waals surface area contributed by atoms with E-state index >= 15 is 0 Å². The fourth-order valence-corrected chi connectivity index (χ4v) is 5.74. The molecule has 1 heterocycles. The second-order valence-corrected chi connectivity index (χ2v) is 10.6. The van der Waals surface area contributed by atoms with Crippen LogP contribution in [0.15, 0.2) is 65.0 Å². The Labute approximate surface area is 220 Å². The van der Waals surface area contributed by atoms with Gasteiger partial charge in [0.1, 0.15) is 6.61 Å². The molecule has 6 nitrogen and oxygen atoms in total. The molecule has 0 aromatic heterocycles. The van der Waals surface area contributed by atoms with E-state index in [9.17, 15) is 14.7 Å². The standard InChI is InChI=1S/C28H30ClNO5S/c1-4-36-12-11-35-28(33)25-16(2)30-21-13-18(19-7-5-6-8-20(19)29)14-23(32)27(21)26(25)17-9-10-22(31)24(15-17)34-3/h5-10,15,18,26,30-31H,4,11-14H2,1-3H3/t18-,26+/m1/s1. The van der Waals surface area contributed by atoms with E-state index in [2.05, 4.69) is 12.2 Å². The van der Waals surface area contributed by atoms with E-state index in [-0.39, 0.29) is 36.2 Å². The molecule has 2 aromatic rings. The molecule has 0 bridgehead atoms. The number of methoxy groups -OCH3 is 1. The lowest BCUT2D eigenvalue weighted by Gasteiger charge is -2.37. The maximum atomic E-state index is 13.7. The largest absolute Gasteiger partial charge is 0.504 e. The molecule has 2 aliphatic rings. The lowest BCUT2D eigenvalue weighted by molar-refractivity contribution is -0.138. The molecule has 0 unspecified atom stereocenters. The van der Waals surface area contributed by atoms with Crippen molar-refractivity contribution in [1.29, 1.82) is 0 Å². The number of benzene rings is 2. The number of allylic oxidation sites excluding steroid dienone is 3. The molecule has 0 spiro atoms. The van der Waals surface area contributed by atoms with E-state index in [1.807, 2.05) is 31.2 Å². The fraction of sp³-hybridized carbons (Fsp3) is 0.357. The number of aromatic hydroxyl groups is 1. The zero-order valence-corrected chi connectivity index (χ0v) is 22.2. The number of phenols is 1. The Hall–Kier alpha value is -2.90. The average molecular weight is 528 g/mol. The first-order chi connectivity index (χ1) is 17.3. The molecular formula is C28H30ClNO5S. The van der Waals surface area contributed by atoms with Crippen LogP contribution in [0.3, 0.4) is 0 Å². The van der Waals surface area contributed by atoms with Crippen LogP contribution >= 0.6 is 23.4 Å². The van der Waals surface area contributed by atoms with Gasteiger partial charge in [-0.05, 0) is 54.3 Å². The molecule has 1 aliphatic carbocycles. The van der Waals surface area contributed by atoms with Gasteiger partial charge >= 0.3 is 5.97 Å². The van der Waals surface area contributed by atoms with Gasteiger partial charge in [0.2, 0.25) is 0 Å². The maximum absolute atomic E-state index is 13.7. The predicted octanol–water partition coefficient (Wildman–Crippen LogP) is 5.71. The zero-order valence-electron chi connectivity index (χ0n) is 20.6. The number of Topliss-reactive ketones (excluding diaryl/α,β-unsaturated/α-hetero) is 1. The summed E-state index contributed by atoms with van der Waals surface area (Å²) in [6.07, 6.45) is 0.869. The van der Waals surface area contributed by atoms with Crippen molar-refractivity contribution in [3.05, 3.63) is 81.2 Å². The number of nitrogens with one attached hydrogen (secondary N) is 1. The van der Waals surface area contributed by atoms with Crippen molar-refractivity contribution >= 4 is 35.1 Å². The normalized spacial score (nSPS) is 19.6. The van der Waals surface area contributed by atoms with Crippen molar-refractivity contribution in [2.75, 3.05) is 25.2 Å². The highest BCUT2D eigenvalue weighted by molar-refractivity contribution is 7.99. The SMILES string of the molecule is CCSCCOC(=O)C1=C(C)NC2=C(C(=O)C[C@H](c3ccccc3Cl)C2)[C@H]1c1ccc(O)c(OC)c1. The number of ether oxygens (including phenoxy) is 2. The van der Waals surface area contributed by atoms with Gasteiger partial charge in [0.25, 0.3) is 0 Å². The van der Waals surface area contributed by atoms with Crippen molar-refractivity contribution in [3.8, 4) is 11.5 Å². The number of dihydropyridines is 1. The molecule has 0 saturated heterocycles. The first-order valence-corrected chi connectivity index (χ1v) is 13.5. The molecule has 2 aromatic carbocycles. The minimum Gasteiger partial charge on any atom is -0.504 e. The van der Waals surface area contributed by atoms with Gasteiger partial charge in [0, 0.05) is 40.1 Å². The monoisotopic (exact) mass is 527 g/mol. The van der Waals surface area contributed by atoms with Gasteiger partial charge in [-0.25, -0.2) is 4.79 Å². The van der Waals surface area contributed by atoms with Crippen molar-refractivity contribution in [2.45, 2.75) is 38.5 Å². The quantitative estimate of drug-likeness (QED) is 0.336. The van der Waals surface area contributed by atoms with E-state index in [0.717, 1.165) is 17.0 Å². The van der Waals surface area contributed by atoms with Crippen LogP contribution in [-0.2, 0) is 14.3 Å². The Kier molecular flexibility index (Phi) is 8.32. The number of halogens is 1. The van der Waals surface area contributed by atoms with Gasteiger partial charge in [-0.1, -0.05) is 42.8 Å². The first kappa shape index (κ1) is 26.2. The van der Waals surface area contributed by atoms with E-state index in [1.165, 1.54) is 13.2 Å². The summed E-state index contributed by atoms with van der Waals surface area (Å²) in [5.41, 5.74) is 3.98. The van der Waals surface area contributed by atoms with Gasteiger partial charge in [0.15, 0.2) is 17.3 Å². The Bertz CT molecular complexity index is 1240. The number of esters is 1. The van der Waals surface area contributed by atoms with E-state index in [4.69, 9.17) is 21.1 Å². The highest BCUT2D eigenvalue weighted by atomic mass is 35.5. The number of phenolic OH excluding ortho intramolecular Hbond substituents is 1. The number of carbonyl (C=O) groups excluding carboxylic acids is 2. The second-order valence-electron chi connectivity index (χ2n) is 8.80. The van der Waals surface area contributed by atoms with Gasteiger partial charge < -0.3 is 19.9 Å². The molecule has 8 heteroatoms. The average Bonchev–Trinajstić information content (AvgIpc) is 2.86. The van der Waals surface area contributed by atoms with Crippen LogP contribution in [0.4, 0.5) is 0 Å². The van der Waals surface area contributed by atoms with Gasteiger partial charge in [-0.15, -0.1) is 0 Å². The number of hydrogen-bond acceptors (Lipinski definition) is 7. The number of thioether (sulfide) groups is 1. The van der Waals surface area contributed by atoms with Crippen LogP contribution in [0.5, 0.6) is 11.5 Å². The Morgan fingerprint density at radius 1 is 1.22 bits per heavy atom. The van der Waals surface area contributed by atoms with Crippen LogP contribution in [-0.4, -0.2) is 42.1 Å². The molecular weight excluding hydrogens is 498 g/mol. The minimum absolute atomic E-state index is 0.0143. The lowest BCUT2D eigenvalue weighted by atomic mass is 9.71. The van der Waals surface area contributed by atoms with Crippen LogP contribution in [0, 0.1) is 0 Å². The molecule has 0 radical (unpaired) electrons. The van der Waals surface area contributed by atoms with Gasteiger partial charge in [-0.2, -0.15) is 11.8 Å². The third kappa shape index (κ3) is 5.27. The molecule has 36 heavy (non-hydrogen) atoms. The summed E-state index contributed by atoms with van der Waals surface area (Å²) in [6, 6.07) is 12.5. The Balaban J connectivity index is 1.76. The first-order valence-electron chi connectivity index (χ1n) is 12.0. The third-order valence-electron chi connectivity index (χ3n) is 6.59. The summed E-state index contributed by atoms with van der Waals surface area (Å²) in [5, 5.41) is 14.1. The molecule has 0 fully saturated rings. The van der Waals surface area contributed by atoms with E-state index in [1.54, 1.807) is 23.9 Å². The second kappa shape index (κ2) is 11.4. The summed E-state index contributed by atoms with van der Waals surface area (Å²) < 4.78 is 10.9. The van der Waals surface area contributed by atoms with E-state index in [0.29, 0.717) is 39.6 Å². The highest BCUT2D eigenvalue weighted by Crippen LogP contribution is 2.47. The molecule has 0 saturated carbocycles. The van der Waals surface area contributed by atoms with E-state index < -0.39 is 11.9 Å². The molecule has 1 aliphatic heterocycles. The molecule has 0 amide bonds. The number of rotatable bonds is 8. The van der Waals surface area contributed by atoms with Crippen molar-refractivity contribution in [3.63, 3.8) is 0 Å². The summed E-state index contributed by atoms with van der Waals surface area (Å²) in [7, 11) is 1.47. The lowest BCUT2D eigenvalue weighted by Crippen LogP contribution is -2.36. The summed E-state index contributed by atoms with van der Waals surface area (Å²) in [6.45, 7) is 4.17. The number of ketones is 1. The summed E-state index contributed by atoms with van der Waals surface area (Å²) in [4.78, 5) is 27.0. The number of carbonyl (C=O) groups is 2. The summed E-state index contributed by atoms with van der Waals surface area (Å²) >= 11 is 8.15. The molecule has 2 N–H and O–H groups in total. The highest BCUT2D eigenvalue weighted by Gasteiger charge is 2.42. The fourth-order valence-electron chi connectivity index (χ4n) is 4.96. The minimum atomic E-state index is -0.637. The Morgan fingerprint density at radius 2 is 2.00 bits per heavy atom. The van der Waals surface area contributed by atoms with Crippen molar-refractivity contribution < 1.29 is 24.2 Å². The van der Waals surface area contributed by atoms with Crippen LogP contribution in [0.25, 0.3) is 0 Å². The van der Waals surface area contributed by atoms with Crippen LogP contribution in [0.1, 0.15) is 49.7 Å². The van der Waals surface area contributed by atoms with Crippen molar-refractivity contribution in [2.24, 2.45) is 0 Å². The predicted molar refractivity (Wildman–Crippen MR) is 143 cm³/mol. The van der Waals surface area contributed by atoms with Gasteiger partial charge in [0.05, 0.1) is 12.7 Å². The maximum Gasteiger partial charge on any atom is 0.336 e. The van der Waals surface area contributed by atoms with Crippen molar-refractivity contribution in [1.82, 2.24) is 5.32 Å². The zero-order chi connectivity index (χ0) is 25.8. The molecule has 4 rings (SSSR count). The summed E-state index contributed by atoms with van der Waals surface area (Å²) in [5.74, 6) is 0.683. The number of hydrogen-bond donors (Lipinski definition) is 2. The smallest absolute Gasteiger partial charge is 0.336 e. The van der Waals surface area contributed by atoms with Crippen LogP contribution in [0.2, 0.25) is 5.02 Å². The molecule has 2 atom stereocenters.